The van der Waals surface area contributed by atoms with Crippen LogP contribution in [0.3, 0.4) is 0 Å². The van der Waals surface area contributed by atoms with Gasteiger partial charge in [0.15, 0.2) is 6.61 Å². The van der Waals surface area contributed by atoms with E-state index in [4.69, 9.17) is 21.1 Å². The van der Waals surface area contributed by atoms with Gasteiger partial charge in [-0.2, -0.15) is 0 Å². The van der Waals surface area contributed by atoms with Gasteiger partial charge in [0.25, 0.3) is 5.91 Å². The van der Waals surface area contributed by atoms with E-state index in [0.717, 1.165) is 37.7 Å². The summed E-state index contributed by atoms with van der Waals surface area (Å²) in [5.41, 5.74) is 0.351. The molecule has 4 aliphatic rings. The molecule has 0 heterocycles. The number of esters is 1. The van der Waals surface area contributed by atoms with Crippen LogP contribution in [0.25, 0.3) is 0 Å². The lowest BCUT2D eigenvalue weighted by Crippen LogP contribution is -2.64. The van der Waals surface area contributed by atoms with E-state index in [-0.39, 0.29) is 24.0 Å². The van der Waals surface area contributed by atoms with Crippen LogP contribution in [-0.2, 0) is 19.1 Å². The lowest BCUT2D eigenvalue weighted by atomic mass is 9.47. The Morgan fingerprint density at radius 2 is 1.84 bits per heavy atom. The fourth-order valence-corrected chi connectivity index (χ4v) is 6.57. The Hall–Kier alpha value is -2.28. The molecule has 168 valence electrons. The molecule has 7 nitrogen and oxygen atoms in total. The molecule has 5 rings (SSSR count). The zero-order valence-corrected chi connectivity index (χ0v) is 18.9. The Kier molecular flexibility index (Phi) is 5.66. The number of carbonyl (C=O) groups excluding carboxylic acids is 3. The molecule has 0 aromatic heterocycles. The van der Waals surface area contributed by atoms with Crippen molar-refractivity contribution >= 4 is 35.1 Å². The smallest absolute Gasteiger partial charge is 0.312 e. The summed E-state index contributed by atoms with van der Waals surface area (Å²) < 4.78 is 10.8. The van der Waals surface area contributed by atoms with E-state index < -0.39 is 11.3 Å². The molecule has 0 aliphatic heterocycles. The van der Waals surface area contributed by atoms with Crippen LogP contribution in [0.4, 0.5) is 5.69 Å². The van der Waals surface area contributed by atoms with Crippen molar-refractivity contribution in [2.45, 2.75) is 57.9 Å². The van der Waals surface area contributed by atoms with Gasteiger partial charge in [-0.05, 0) is 68.9 Å². The molecule has 0 radical (unpaired) electrons. The van der Waals surface area contributed by atoms with E-state index in [1.807, 2.05) is 6.92 Å². The highest BCUT2D eigenvalue weighted by atomic mass is 35.5. The van der Waals surface area contributed by atoms with Crippen LogP contribution < -0.4 is 15.4 Å². The number of hydrogen-bond donors (Lipinski definition) is 2. The van der Waals surface area contributed by atoms with Crippen molar-refractivity contribution in [2.24, 2.45) is 17.3 Å². The predicted molar refractivity (Wildman–Crippen MR) is 116 cm³/mol. The van der Waals surface area contributed by atoms with Crippen molar-refractivity contribution < 1.29 is 23.9 Å². The van der Waals surface area contributed by atoms with Crippen molar-refractivity contribution in [3.8, 4) is 5.75 Å². The molecule has 0 saturated heterocycles. The van der Waals surface area contributed by atoms with Crippen LogP contribution in [0.5, 0.6) is 5.75 Å². The summed E-state index contributed by atoms with van der Waals surface area (Å²) in [5, 5.41) is 6.41. The Labute approximate surface area is 187 Å². The van der Waals surface area contributed by atoms with Gasteiger partial charge in [0, 0.05) is 23.6 Å². The van der Waals surface area contributed by atoms with Gasteiger partial charge in [-0.15, -0.1) is 0 Å². The maximum Gasteiger partial charge on any atom is 0.312 e. The first-order valence-corrected chi connectivity index (χ1v) is 11.1. The second kappa shape index (κ2) is 8.01. The molecule has 1 aromatic rings. The highest BCUT2D eigenvalue weighted by molar-refractivity contribution is 6.31. The quantitative estimate of drug-likeness (QED) is 0.648. The van der Waals surface area contributed by atoms with E-state index in [2.05, 4.69) is 10.6 Å². The topological polar surface area (TPSA) is 93.7 Å². The molecule has 2 atom stereocenters. The summed E-state index contributed by atoms with van der Waals surface area (Å²) in [6.07, 6.45) is 5.09. The van der Waals surface area contributed by atoms with E-state index in [1.165, 1.54) is 14.0 Å². The molecule has 2 amide bonds. The maximum absolute atomic E-state index is 13.1. The SMILES string of the molecule is COc1cc(Cl)c(C)cc1NC(=O)COC(=O)C12CC3CC(CC(NC(C)=O)(C3)C1)C2. The molecule has 31 heavy (non-hydrogen) atoms. The first-order valence-electron chi connectivity index (χ1n) is 10.7. The van der Waals surface area contributed by atoms with Crippen LogP contribution in [-0.4, -0.2) is 37.0 Å². The minimum atomic E-state index is -0.610. The zero-order valence-electron chi connectivity index (χ0n) is 18.2. The van der Waals surface area contributed by atoms with Gasteiger partial charge in [-0.1, -0.05) is 11.6 Å². The van der Waals surface area contributed by atoms with Crippen LogP contribution in [0.15, 0.2) is 12.1 Å². The standard InChI is InChI=1S/C23H29ClN2O5/c1-13-4-18(19(30-3)6-17(13)24)25-20(28)11-31-21(29)22-7-15-5-16(8-22)10-23(9-15,12-22)26-14(2)27/h4,6,15-16H,5,7-12H2,1-3H3,(H,25,28)(H,26,27). The summed E-state index contributed by atoms with van der Waals surface area (Å²) >= 11 is 6.11. The first kappa shape index (κ1) is 21.9. The van der Waals surface area contributed by atoms with E-state index in [0.29, 0.717) is 34.7 Å². The van der Waals surface area contributed by atoms with Crippen molar-refractivity contribution in [3.63, 3.8) is 0 Å². The fourth-order valence-electron chi connectivity index (χ4n) is 6.42. The molecular formula is C23H29ClN2O5. The molecule has 4 fully saturated rings. The molecular weight excluding hydrogens is 420 g/mol. The Morgan fingerprint density at radius 1 is 1.16 bits per heavy atom. The molecule has 0 spiro atoms. The summed E-state index contributed by atoms with van der Waals surface area (Å²) in [7, 11) is 1.49. The number of hydrogen-bond acceptors (Lipinski definition) is 5. The number of halogens is 1. The number of anilines is 1. The third kappa shape index (κ3) is 4.25. The number of methoxy groups -OCH3 is 1. The lowest BCUT2D eigenvalue weighted by Gasteiger charge is -2.60. The number of amides is 2. The molecule has 4 saturated carbocycles. The average molecular weight is 449 g/mol. The van der Waals surface area contributed by atoms with Crippen molar-refractivity contribution in [1.82, 2.24) is 5.32 Å². The van der Waals surface area contributed by atoms with Crippen LogP contribution in [0.2, 0.25) is 5.02 Å². The van der Waals surface area contributed by atoms with E-state index >= 15 is 0 Å². The van der Waals surface area contributed by atoms with Gasteiger partial charge >= 0.3 is 5.97 Å². The van der Waals surface area contributed by atoms with Gasteiger partial charge in [0.05, 0.1) is 18.2 Å². The van der Waals surface area contributed by atoms with Crippen LogP contribution in [0.1, 0.15) is 51.0 Å². The highest BCUT2D eigenvalue weighted by Gasteiger charge is 2.61. The summed E-state index contributed by atoms with van der Waals surface area (Å²) in [6, 6.07) is 3.35. The molecule has 4 bridgehead atoms. The number of rotatable bonds is 6. The monoisotopic (exact) mass is 448 g/mol. The zero-order chi connectivity index (χ0) is 22.4. The van der Waals surface area contributed by atoms with Crippen molar-refractivity contribution in [2.75, 3.05) is 19.0 Å². The number of aryl methyl sites for hydroxylation is 1. The van der Waals surface area contributed by atoms with Crippen molar-refractivity contribution in [3.05, 3.63) is 22.7 Å². The normalized spacial score (nSPS) is 30.6. The number of benzene rings is 1. The largest absolute Gasteiger partial charge is 0.495 e. The second-order valence-electron chi connectivity index (χ2n) is 9.63. The Morgan fingerprint density at radius 3 is 2.45 bits per heavy atom. The minimum absolute atomic E-state index is 0.0583. The van der Waals surface area contributed by atoms with Crippen LogP contribution >= 0.6 is 11.6 Å². The molecule has 1 aromatic carbocycles. The number of nitrogens with one attached hydrogen (secondary N) is 2. The van der Waals surface area contributed by atoms with Gasteiger partial charge in [0.2, 0.25) is 5.91 Å². The predicted octanol–water partition coefficient (Wildman–Crippen LogP) is 3.61. The number of carbonyl (C=O) groups is 3. The molecule has 4 aliphatic carbocycles. The Balaban J connectivity index is 1.42. The third-order valence-corrected chi connectivity index (χ3v) is 7.43. The Bertz CT molecular complexity index is 917. The summed E-state index contributed by atoms with van der Waals surface area (Å²) in [6.45, 7) is 2.99. The van der Waals surface area contributed by atoms with Gasteiger partial charge in [-0.3, -0.25) is 14.4 Å². The molecule has 8 heteroatoms. The third-order valence-electron chi connectivity index (χ3n) is 7.02. The molecule has 2 unspecified atom stereocenters. The molecule has 2 N–H and O–H groups in total. The average Bonchev–Trinajstić information content (AvgIpc) is 2.66. The maximum atomic E-state index is 13.1. The summed E-state index contributed by atoms with van der Waals surface area (Å²) in [4.78, 5) is 37.4. The van der Waals surface area contributed by atoms with Crippen molar-refractivity contribution in [1.29, 1.82) is 0 Å². The van der Waals surface area contributed by atoms with Crippen LogP contribution in [0, 0.1) is 24.2 Å². The van der Waals surface area contributed by atoms with E-state index in [1.54, 1.807) is 12.1 Å². The van der Waals surface area contributed by atoms with E-state index in [9.17, 15) is 14.4 Å². The fraction of sp³-hybridized carbons (Fsp3) is 0.609. The number of ether oxygens (including phenoxy) is 2. The second-order valence-corrected chi connectivity index (χ2v) is 10.0. The first-order chi connectivity index (χ1) is 14.6. The van der Waals surface area contributed by atoms with Gasteiger partial charge in [-0.25, -0.2) is 0 Å². The lowest BCUT2D eigenvalue weighted by molar-refractivity contribution is -0.176. The minimum Gasteiger partial charge on any atom is -0.495 e. The highest BCUT2D eigenvalue weighted by Crippen LogP contribution is 2.62. The summed E-state index contributed by atoms with van der Waals surface area (Å²) in [5.74, 6) is 0.442. The van der Waals surface area contributed by atoms with Gasteiger partial charge in [0.1, 0.15) is 5.75 Å². The van der Waals surface area contributed by atoms with Gasteiger partial charge < -0.3 is 20.1 Å².